The average molecular weight is 643 g/mol. The Hall–Kier alpha value is -3.93. The first-order chi connectivity index (χ1) is 22.3. The first-order valence-electron chi connectivity index (χ1n) is 17.2. The third-order valence-electron chi connectivity index (χ3n) is 9.01. The summed E-state index contributed by atoms with van der Waals surface area (Å²) in [5.41, 5.74) is 11.0. The van der Waals surface area contributed by atoms with Crippen LogP contribution in [0.25, 0.3) is 0 Å². The van der Waals surface area contributed by atoms with Gasteiger partial charge in [0.2, 0.25) is 11.8 Å². The predicted molar refractivity (Wildman–Crippen MR) is 195 cm³/mol. The van der Waals surface area contributed by atoms with E-state index in [4.69, 9.17) is 4.74 Å². The molecule has 0 aromatic heterocycles. The van der Waals surface area contributed by atoms with Gasteiger partial charge in [0.25, 0.3) is 0 Å². The van der Waals surface area contributed by atoms with E-state index >= 15 is 0 Å². The minimum Gasteiger partial charge on any atom is -0.426 e. The summed E-state index contributed by atoms with van der Waals surface area (Å²) >= 11 is 0. The molecule has 1 fully saturated rings. The molecule has 0 bridgehead atoms. The van der Waals surface area contributed by atoms with Crippen molar-refractivity contribution in [1.82, 2.24) is 5.32 Å². The molecule has 0 radical (unpaired) electrons. The summed E-state index contributed by atoms with van der Waals surface area (Å²) in [5.74, 6) is 1.85. The standard InChI is InChI=1S/C11H14O2.C11H14.C10H13NO.C9H17NO/c1-7-5-6-8(2)11(9(7)3)13-10(4)12;1-8-4-3-5-10-9(2)6-7-11(8)10;1-7-5-4-6-8(2)10(7)11-9(3)12;1-2-3-7-10-9(11)8-5-4-6-8/h5-6H,1-4H3;3-5,9H,6-7H2,1-2H3;4-6H,1-3H3,(H,11,12);8H,2-7H2,1H3,(H,10,11)/t;9-;;/m.1../s1. The summed E-state index contributed by atoms with van der Waals surface area (Å²) < 4.78 is 5.12. The molecule has 0 aliphatic heterocycles. The number of esters is 1. The van der Waals surface area contributed by atoms with Crippen LogP contribution >= 0.6 is 0 Å². The molecule has 6 nitrogen and oxygen atoms in total. The van der Waals surface area contributed by atoms with Crippen LogP contribution in [-0.4, -0.2) is 24.3 Å². The maximum atomic E-state index is 11.2. The number of aryl methyl sites for hydroxylation is 5. The highest BCUT2D eigenvalue weighted by molar-refractivity contribution is 5.90. The Balaban J connectivity index is 0.000000218. The largest absolute Gasteiger partial charge is 0.426 e. The van der Waals surface area contributed by atoms with Crippen LogP contribution in [-0.2, 0) is 20.8 Å². The average Bonchev–Trinajstić information content (AvgIpc) is 3.37. The highest BCUT2D eigenvalue weighted by Gasteiger charge is 2.24. The molecule has 256 valence electrons. The molecule has 3 aromatic rings. The first kappa shape index (κ1) is 39.2. The number of amides is 2. The van der Waals surface area contributed by atoms with Gasteiger partial charge >= 0.3 is 5.97 Å². The van der Waals surface area contributed by atoms with Gasteiger partial charge < -0.3 is 15.4 Å². The zero-order valence-electron chi connectivity index (χ0n) is 30.6. The van der Waals surface area contributed by atoms with Gasteiger partial charge in [-0.1, -0.05) is 75.2 Å². The molecule has 5 rings (SSSR count). The number of para-hydroxylation sites is 1. The maximum absolute atomic E-state index is 11.2. The van der Waals surface area contributed by atoms with Crippen molar-refractivity contribution in [2.75, 3.05) is 11.9 Å². The zero-order valence-corrected chi connectivity index (χ0v) is 30.6. The summed E-state index contributed by atoms with van der Waals surface area (Å²) in [7, 11) is 0. The number of ether oxygens (including phenoxy) is 1. The number of unbranched alkanes of at least 4 members (excludes halogenated alkanes) is 1. The SMILES string of the molecule is CC(=O)Nc1c(C)cccc1C.CC(=O)Oc1c(C)ccc(C)c1C.CCCCNC(=O)C1CCC1.Cc1cccc2c1CC[C@H]2C. The van der Waals surface area contributed by atoms with Gasteiger partial charge in [-0.15, -0.1) is 0 Å². The van der Waals surface area contributed by atoms with E-state index in [1.165, 1.54) is 38.7 Å². The Labute approximate surface area is 284 Å². The monoisotopic (exact) mass is 642 g/mol. The van der Waals surface area contributed by atoms with E-state index in [-0.39, 0.29) is 17.8 Å². The molecule has 1 saturated carbocycles. The molecule has 0 spiro atoms. The molecule has 3 aromatic carbocycles. The molecule has 2 aliphatic rings. The van der Waals surface area contributed by atoms with Gasteiger partial charge in [-0.3, -0.25) is 14.4 Å². The molecule has 2 N–H and O–H groups in total. The van der Waals surface area contributed by atoms with Gasteiger partial charge in [0.1, 0.15) is 5.75 Å². The van der Waals surface area contributed by atoms with Gasteiger partial charge in [0.15, 0.2) is 0 Å². The third kappa shape index (κ3) is 12.7. The van der Waals surface area contributed by atoms with E-state index in [9.17, 15) is 14.4 Å². The van der Waals surface area contributed by atoms with Crippen molar-refractivity contribution in [2.45, 2.75) is 120 Å². The maximum Gasteiger partial charge on any atom is 0.308 e. The van der Waals surface area contributed by atoms with Crippen LogP contribution in [0, 0.1) is 47.5 Å². The number of fused-ring (bicyclic) bond motifs is 1. The second-order valence-corrected chi connectivity index (χ2v) is 13.0. The van der Waals surface area contributed by atoms with Crippen molar-refractivity contribution in [2.24, 2.45) is 5.92 Å². The van der Waals surface area contributed by atoms with Crippen LogP contribution < -0.4 is 15.4 Å². The minimum absolute atomic E-state index is 0.0209. The molecule has 0 unspecified atom stereocenters. The molecule has 47 heavy (non-hydrogen) atoms. The predicted octanol–water partition coefficient (Wildman–Crippen LogP) is 9.55. The van der Waals surface area contributed by atoms with Crippen molar-refractivity contribution in [3.8, 4) is 5.75 Å². The summed E-state index contributed by atoms with van der Waals surface area (Å²) in [6, 6.07) is 16.6. The third-order valence-corrected chi connectivity index (χ3v) is 9.01. The number of hydrogen-bond acceptors (Lipinski definition) is 4. The van der Waals surface area contributed by atoms with E-state index < -0.39 is 0 Å². The van der Waals surface area contributed by atoms with Crippen molar-refractivity contribution < 1.29 is 19.1 Å². The Bertz CT molecular complexity index is 1470. The van der Waals surface area contributed by atoms with Crippen molar-refractivity contribution in [3.63, 3.8) is 0 Å². The Morgan fingerprint density at radius 1 is 0.787 bits per heavy atom. The first-order valence-corrected chi connectivity index (χ1v) is 17.2. The van der Waals surface area contributed by atoms with E-state index in [0.717, 1.165) is 71.7 Å². The quantitative estimate of drug-likeness (QED) is 0.159. The van der Waals surface area contributed by atoms with E-state index in [1.54, 1.807) is 11.1 Å². The Morgan fingerprint density at radius 2 is 1.38 bits per heavy atom. The normalized spacial score (nSPS) is 14.4. The number of anilines is 1. The van der Waals surface area contributed by atoms with E-state index in [1.807, 2.05) is 65.0 Å². The van der Waals surface area contributed by atoms with Crippen LogP contribution in [0.15, 0.2) is 48.5 Å². The number of hydrogen-bond donors (Lipinski definition) is 2. The summed E-state index contributed by atoms with van der Waals surface area (Å²) in [4.78, 5) is 32.8. The molecule has 0 saturated heterocycles. The number of rotatable bonds is 6. The van der Waals surface area contributed by atoms with Crippen molar-refractivity contribution in [1.29, 1.82) is 0 Å². The molecule has 2 amide bonds. The smallest absolute Gasteiger partial charge is 0.308 e. The number of carbonyl (C=O) groups excluding carboxylic acids is 3. The summed E-state index contributed by atoms with van der Waals surface area (Å²) in [5, 5.41) is 5.75. The number of benzene rings is 3. The second kappa shape index (κ2) is 19.7. The van der Waals surface area contributed by atoms with Gasteiger partial charge in [-0.25, -0.2) is 0 Å². The highest BCUT2D eigenvalue weighted by atomic mass is 16.5. The Kier molecular flexibility index (Phi) is 16.4. The topological polar surface area (TPSA) is 84.5 Å². The molecular weight excluding hydrogens is 584 g/mol. The van der Waals surface area contributed by atoms with Crippen LogP contribution in [0.1, 0.15) is 117 Å². The zero-order chi connectivity index (χ0) is 35.1. The summed E-state index contributed by atoms with van der Waals surface area (Å²) in [6.45, 7) is 20.3. The fraction of sp³-hybridized carbons (Fsp3) is 0.488. The lowest BCUT2D eigenvalue weighted by molar-refractivity contribution is -0.132. The lowest BCUT2D eigenvalue weighted by atomic mass is 9.85. The van der Waals surface area contributed by atoms with Crippen molar-refractivity contribution in [3.05, 3.63) is 93.0 Å². The fourth-order valence-corrected chi connectivity index (χ4v) is 5.66. The lowest BCUT2D eigenvalue weighted by Crippen LogP contribution is -2.34. The van der Waals surface area contributed by atoms with Crippen molar-refractivity contribution >= 4 is 23.5 Å². The second-order valence-electron chi connectivity index (χ2n) is 13.0. The van der Waals surface area contributed by atoms with Gasteiger partial charge in [0, 0.05) is 32.0 Å². The summed E-state index contributed by atoms with van der Waals surface area (Å²) in [6.07, 6.45) is 8.37. The Morgan fingerprint density at radius 3 is 1.91 bits per heavy atom. The van der Waals surface area contributed by atoms with Gasteiger partial charge in [-0.05, 0) is 124 Å². The minimum atomic E-state index is -0.267. The van der Waals surface area contributed by atoms with E-state index in [0.29, 0.717) is 11.7 Å². The molecule has 6 heteroatoms. The van der Waals surface area contributed by atoms with Gasteiger partial charge in [-0.2, -0.15) is 0 Å². The number of nitrogens with one attached hydrogen (secondary N) is 2. The number of carbonyl (C=O) groups is 3. The van der Waals surface area contributed by atoms with Crippen LogP contribution in [0.3, 0.4) is 0 Å². The van der Waals surface area contributed by atoms with E-state index in [2.05, 4.69) is 49.6 Å². The fourth-order valence-electron chi connectivity index (χ4n) is 5.66. The lowest BCUT2D eigenvalue weighted by Gasteiger charge is -2.23. The van der Waals surface area contributed by atoms with Crippen LogP contribution in [0.2, 0.25) is 0 Å². The molecule has 2 aliphatic carbocycles. The molecule has 1 atom stereocenters. The molecule has 0 heterocycles. The molecular formula is C41H58N2O4. The van der Waals surface area contributed by atoms with Crippen LogP contribution in [0.5, 0.6) is 5.75 Å². The van der Waals surface area contributed by atoms with Gasteiger partial charge in [0.05, 0.1) is 0 Å². The highest BCUT2D eigenvalue weighted by Crippen LogP contribution is 2.34. The van der Waals surface area contributed by atoms with Crippen LogP contribution in [0.4, 0.5) is 5.69 Å².